The van der Waals surface area contributed by atoms with Gasteiger partial charge in [0.2, 0.25) is 0 Å². The van der Waals surface area contributed by atoms with Gasteiger partial charge in [-0.15, -0.1) is 0 Å². The van der Waals surface area contributed by atoms with Crippen LogP contribution in [0.25, 0.3) is 0 Å². The molecule has 5 nitrogen and oxygen atoms in total. The Morgan fingerprint density at radius 2 is 1.93 bits per heavy atom. The van der Waals surface area contributed by atoms with Crippen molar-refractivity contribution in [3.05, 3.63) is 52.5 Å². The van der Waals surface area contributed by atoms with Gasteiger partial charge in [0.1, 0.15) is 5.75 Å². The highest BCUT2D eigenvalue weighted by molar-refractivity contribution is 6.30. The van der Waals surface area contributed by atoms with Crippen molar-refractivity contribution in [1.29, 1.82) is 0 Å². The highest BCUT2D eigenvalue weighted by Crippen LogP contribution is 2.25. The van der Waals surface area contributed by atoms with Crippen LogP contribution in [0.3, 0.4) is 0 Å². The summed E-state index contributed by atoms with van der Waals surface area (Å²) in [6.07, 6.45) is 0. The number of amides is 1. The van der Waals surface area contributed by atoms with Crippen molar-refractivity contribution in [3.8, 4) is 5.75 Å². The monoisotopic (exact) mass is 388 g/mol. The van der Waals surface area contributed by atoms with E-state index in [0.717, 1.165) is 42.5 Å². The summed E-state index contributed by atoms with van der Waals surface area (Å²) in [5.41, 5.74) is 4.24. The molecular weight excluding hydrogens is 362 g/mol. The Morgan fingerprint density at radius 1 is 1.19 bits per heavy atom. The molecule has 2 aromatic carbocycles. The molecule has 0 radical (unpaired) electrons. The van der Waals surface area contributed by atoms with Crippen molar-refractivity contribution < 1.29 is 14.4 Å². The highest BCUT2D eigenvalue weighted by Gasteiger charge is 2.23. The van der Waals surface area contributed by atoms with E-state index in [-0.39, 0.29) is 5.91 Å². The number of nitrogens with zero attached hydrogens (tertiary/aromatic N) is 1. The summed E-state index contributed by atoms with van der Waals surface area (Å²) in [7, 11) is 1.61. The van der Waals surface area contributed by atoms with Gasteiger partial charge in [-0.2, -0.15) is 0 Å². The van der Waals surface area contributed by atoms with E-state index in [1.165, 1.54) is 16.2 Å². The highest BCUT2D eigenvalue weighted by atomic mass is 35.5. The van der Waals surface area contributed by atoms with Crippen LogP contribution in [0, 0.1) is 13.8 Å². The van der Waals surface area contributed by atoms with E-state index >= 15 is 0 Å². The molecule has 0 saturated carbocycles. The minimum Gasteiger partial charge on any atom is -0.495 e. The minimum atomic E-state index is 0.0151. The fourth-order valence-corrected chi connectivity index (χ4v) is 3.67. The van der Waals surface area contributed by atoms with Crippen molar-refractivity contribution in [2.45, 2.75) is 13.8 Å². The normalized spacial score (nSPS) is 14.9. The molecule has 0 bridgehead atoms. The van der Waals surface area contributed by atoms with Crippen LogP contribution in [0.1, 0.15) is 11.1 Å². The molecule has 1 amide bonds. The SMILES string of the molecule is COc1ccc(C)cc1NC(=O)C[NH+]1CCN(c2cc(Cl)ccc2C)CC1. The number of hydrogen-bond acceptors (Lipinski definition) is 3. The van der Waals surface area contributed by atoms with Gasteiger partial charge in [-0.05, 0) is 49.2 Å². The molecule has 0 spiro atoms. The number of rotatable bonds is 5. The van der Waals surface area contributed by atoms with E-state index in [1.54, 1.807) is 7.11 Å². The van der Waals surface area contributed by atoms with E-state index < -0.39 is 0 Å². The largest absolute Gasteiger partial charge is 0.495 e. The number of carbonyl (C=O) groups excluding carboxylic acids is 1. The Balaban J connectivity index is 1.55. The lowest BCUT2D eigenvalue weighted by molar-refractivity contribution is -0.892. The molecule has 27 heavy (non-hydrogen) atoms. The van der Waals surface area contributed by atoms with Crippen molar-refractivity contribution >= 4 is 28.9 Å². The molecule has 2 aromatic rings. The van der Waals surface area contributed by atoms with Gasteiger partial charge in [0.15, 0.2) is 6.54 Å². The average molecular weight is 389 g/mol. The standard InChI is InChI=1S/C21H26ClN3O2/c1-15-4-7-20(27-3)18(12-15)23-21(26)14-24-8-10-25(11-9-24)19-13-17(22)6-5-16(19)2/h4-7,12-13H,8-11,14H2,1-3H3,(H,23,26)/p+1. The van der Waals surface area contributed by atoms with Gasteiger partial charge < -0.3 is 19.9 Å². The molecular formula is C21H27ClN3O2+. The fraction of sp³-hybridized carbons (Fsp3) is 0.381. The Kier molecular flexibility index (Phi) is 6.24. The van der Waals surface area contributed by atoms with E-state index in [1.807, 2.05) is 37.3 Å². The molecule has 1 heterocycles. The zero-order chi connectivity index (χ0) is 19.4. The Labute approximate surface area is 165 Å². The molecule has 0 unspecified atom stereocenters. The Hall–Kier alpha value is -2.24. The lowest BCUT2D eigenvalue weighted by Crippen LogP contribution is -3.15. The second-order valence-electron chi connectivity index (χ2n) is 7.10. The second-order valence-corrected chi connectivity index (χ2v) is 7.53. The first-order chi connectivity index (χ1) is 13.0. The van der Waals surface area contributed by atoms with Crippen LogP contribution in [0.15, 0.2) is 36.4 Å². The van der Waals surface area contributed by atoms with Crippen molar-refractivity contribution in [2.75, 3.05) is 50.1 Å². The molecule has 2 N–H and O–H groups in total. The third-order valence-electron chi connectivity index (χ3n) is 5.02. The predicted molar refractivity (Wildman–Crippen MR) is 110 cm³/mol. The van der Waals surface area contributed by atoms with Gasteiger partial charge in [0, 0.05) is 10.7 Å². The van der Waals surface area contributed by atoms with Gasteiger partial charge in [-0.1, -0.05) is 23.7 Å². The van der Waals surface area contributed by atoms with Crippen LogP contribution in [0.5, 0.6) is 5.75 Å². The summed E-state index contributed by atoms with van der Waals surface area (Å²) < 4.78 is 5.34. The van der Waals surface area contributed by atoms with Gasteiger partial charge in [-0.25, -0.2) is 0 Å². The van der Waals surface area contributed by atoms with Gasteiger partial charge in [0.25, 0.3) is 5.91 Å². The Morgan fingerprint density at radius 3 is 2.63 bits per heavy atom. The maximum atomic E-state index is 12.5. The van der Waals surface area contributed by atoms with Gasteiger partial charge in [0.05, 0.1) is 39.0 Å². The summed E-state index contributed by atoms with van der Waals surface area (Å²) >= 11 is 6.15. The van der Waals surface area contributed by atoms with Crippen LogP contribution in [0.2, 0.25) is 5.02 Å². The second kappa shape index (κ2) is 8.63. The maximum absolute atomic E-state index is 12.5. The lowest BCUT2D eigenvalue weighted by Gasteiger charge is -2.34. The number of ether oxygens (including phenoxy) is 1. The number of benzene rings is 2. The summed E-state index contributed by atoms with van der Waals surface area (Å²) in [5, 5.41) is 3.75. The van der Waals surface area contributed by atoms with Gasteiger partial charge >= 0.3 is 0 Å². The summed E-state index contributed by atoms with van der Waals surface area (Å²) in [6, 6.07) is 11.8. The first-order valence-corrected chi connectivity index (χ1v) is 9.63. The number of hydrogen-bond donors (Lipinski definition) is 2. The first kappa shape index (κ1) is 19.5. The Bertz CT molecular complexity index is 817. The topological polar surface area (TPSA) is 46.0 Å². The lowest BCUT2D eigenvalue weighted by atomic mass is 10.1. The zero-order valence-electron chi connectivity index (χ0n) is 16.1. The smallest absolute Gasteiger partial charge is 0.279 e. The van der Waals surface area contributed by atoms with Crippen LogP contribution in [-0.2, 0) is 4.79 Å². The number of quaternary nitrogens is 1. The quantitative estimate of drug-likeness (QED) is 0.826. The zero-order valence-corrected chi connectivity index (χ0v) is 16.9. The predicted octanol–water partition coefficient (Wildman–Crippen LogP) is 2.31. The minimum absolute atomic E-state index is 0.0151. The number of carbonyl (C=O) groups is 1. The van der Waals surface area contributed by atoms with E-state index in [0.29, 0.717) is 12.3 Å². The summed E-state index contributed by atoms with van der Waals surface area (Å²) in [5.74, 6) is 0.700. The molecule has 0 aromatic heterocycles. The molecule has 144 valence electrons. The molecule has 0 aliphatic carbocycles. The molecule has 3 rings (SSSR count). The number of nitrogens with one attached hydrogen (secondary N) is 2. The van der Waals surface area contributed by atoms with Crippen LogP contribution < -0.4 is 19.9 Å². The average Bonchev–Trinajstić information content (AvgIpc) is 2.64. The molecule has 1 aliphatic rings. The van der Waals surface area contributed by atoms with Crippen LogP contribution in [-0.4, -0.2) is 45.7 Å². The molecule has 1 saturated heterocycles. The third-order valence-corrected chi connectivity index (χ3v) is 5.26. The van der Waals surface area contributed by atoms with E-state index in [9.17, 15) is 4.79 Å². The number of anilines is 2. The fourth-order valence-electron chi connectivity index (χ4n) is 3.50. The summed E-state index contributed by atoms with van der Waals surface area (Å²) in [6.45, 7) is 8.23. The van der Waals surface area contributed by atoms with Gasteiger partial charge in [-0.3, -0.25) is 4.79 Å². The molecule has 6 heteroatoms. The van der Waals surface area contributed by atoms with E-state index in [4.69, 9.17) is 16.3 Å². The van der Waals surface area contributed by atoms with Crippen molar-refractivity contribution in [2.24, 2.45) is 0 Å². The van der Waals surface area contributed by atoms with Crippen LogP contribution in [0.4, 0.5) is 11.4 Å². The van der Waals surface area contributed by atoms with Crippen molar-refractivity contribution in [3.63, 3.8) is 0 Å². The number of piperazine rings is 1. The number of methoxy groups -OCH3 is 1. The first-order valence-electron chi connectivity index (χ1n) is 9.25. The number of halogens is 1. The van der Waals surface area contributed by atoms with E-state index in [2.05, 4.69) is 23.2 Å². The number of aryl methyl sites for hydroxylation is 2. The van der Waals surface area contributed by atoms with Crippen LogP contribution >= 0.6 is 11.6 Å². The van der Waals surface area contributed by atoms with Crippen molar-refractivity contribution in [1.82, 2.24) is 0 Å². The molecule has 1 aliphatic heterocycles. The molecule has 0 atom stereocenters. The summed E-state index contributed by atoms with van der Waals surface area (Å²) in [4.78, 5) is 16.1. The third kappa shape index (κ3) is 4.93. The maximum Gasteiger partial charge on any atom is 0.279 e. The molecule has 1 fully saturated rings.